The Balaban J connectivity index is 1.99. The molecular formula is C14H9ClO2. The number of carbonyl (C=O) groups excluding carboxylic acids is 1. The summed E-state index contributed by atoms with van der Waals surface area (Å²) in [5, 5.41) is 0.333. The van der Waals surface area contributed by atoms with E-state index in [-0.39, 0.29) is 5.78 Å². The van der Waals surface area contributed by atoms with Gasteiger partial charge in [-0.15, -0.1) is 0 Å². The predicted octanol–water partition coefficient (Wildman–Crippen LogP) is 3.76. The zero-order chi connectivity index (χ0) is 11.8. The lowest BCUT2D eigenvalue weighted by molar-refractivity contribution is 0.104. The summed E-state index contributed by atoms with van der Waals surface area (Å²) >= 11 is 5.69. The molecular weight excluding hydrogens is 236 g/mol. The van der Waals surface area contributed by atoms with E-state index in [2.05, 4.69) is 0 Å². The molecule has 17 heavy (non-hydrogen) atoms. The molecule has 3 heteroatoms. The van der Waals surface area contributed by atoms with Crippen LogP contribution in [0.4, 0.5) is 0 Å². The summed E-state index contributed by atoms with van der Waals surface area (Å²) in [5.41, 5.74) is 2.61. The van der Waals surface area contributed by atoms with Crippen molar-refractivity contribution in [1.29, 1.82) is 0 Å². The molecule has 0 radical (unpaired) electrons. The second kappa shape index (κ2) is 3.90. The van der Waals surface area contributed by atoms with Gasteiger partial charge in [0.2, 0.25) is 0 Å². The van der Waals surface area contributed by atoms with Gasteiger partial charge in [0.25, 0.3) is 0 Å². The maximum Gasteiger partial charge on any atom is 0.193 e. The number of halogens is 1. The number of carbonyl (C=O) groups is 1. The van der Waals surface area contributed by atoms with Crippen molar-refractivity contribution in [2.45, 2.75) is 6.42 Å². The molecule has 1 aromatic carbocycles. The van der Waals surface area contributed by atoms with Gasteiger partial charge in [0, 0.05) is 17.6 Å². The van der Waals surface area contributed by atoms with E-state index in [1.807, 2.05) is 24.3 Å². The summed E-state index contributed by atoms with van der Waals surface area (Å²) in [6, 6.07) is 11.1. The van der Waals surface area contributed by atoms with Crippen molar-refractivity contribution in [2.75, 3.05) is 0 Å². The van der Waals surface area contributed by atoms with Crippen LogP contribution < -0.4 is 0 Å². The minimum atomic E-state index is 0.0770. The van der Waals surface area contributed by atoms with Crippen LogP contribution in [0, 0.1) is 0 Å². The van der Waals surface area contributed by atoms with Gasteiger partial charge in [-0.25, -0.2) is 0 Å². The average molecular weight is 245 g/mol. The summed E-state index contributed by atoms with van der Waals surface area (Å²) in [7, 11) is 0. The monoisotopic (exact) mass is 244 g/mol. The maximum atomic E-state index is 12.1. The van der Waals surface area contributed by atoms with E-state index in [1.165, 1.54) is 0 Å². The third kappa shape index (κ3) is 1.81. The Morgan fingerprint density at radius 1 is 1.18 bits per heavy atom. The third-order valence-corrected chi connectivity index (χ3v) is 3.05. The van der Waals surface area contributed by atoms with Crippen LogP contribution in [0.5, 0.6) is 0 Å². The van der Waals surface area contributed by atoms with Gasteiger partial charge >= 0.3 is 0 Å². The fourth-order valence-corrected chi connectivity index (χ4v) is 2.20. The highest BCUT2D eigenvalue weighted by molar-refractivity contribution is 6.28. The molecule has 2 aromatic rings. The van der Waals surface area contributed by atoms with E-state index < -0.39 is 0 Å². The fraction of sp³-hybridized carbons (Fsp3) is 0.0714. The molecule has 0 saturated carbocycles. The smallest absolute Gasteiger partial charge is 0.193 e. The Labute approximate surface area is 104 Å². The second-order valence-electron chi connectivity index (χ2n) is 3.97. The summed E-state index contributed by atoms with van der Waals surface area (Å²) < 4.78 is 5.23. The Morgan fingerprint density at radius 2 is 2.00 bits per heavy atom. The van der Waals surface area contributed by atoms with Crippen LogP contribution in [0.3, 0.4) is 0 Å². The summed E-state index contributed by atoms with van der Waals surface area (Å²) in [6.07, 6.45) is 2.42. The van der Waals surface area contributed by atoms with Crippen LogP contribution >= 0.6 is 11.6 Å². The highest BCUT2D eigenvalue weighted by atomic mass is 35.5. The lowest BCUT2D eigenvalue weighted by Crippen LogP contribution is -1.94. The number of furan rings is 1. The highest BCUT2D eigenvalue weighted by Gasteiger charge is 2.24. The molecule has 0 saturated heterocycles. The molecule has 1 aliphatic carbocycles. The van der Waals surface area contributed by atoms with Gasteiger partial charge in [-0.2, -0.15) is 0 Å². The predicted molar refractivity (Wildman–Crippen MR) is 66.2 cm³/mol. The molecule has 0 amide bonds. The quantitative estimate of drug-likeness (QED) is 0.715. The van der Waals surface area contributed by atoms with E-state index >= 15 is 0 Å². The molecule has 0 aliphatic heterocycles. The van der Waals surface area contributed by atoms with Gasteiger partial charge in [0.15, 0.2) is 11.0 Å². The molecule has 0 fully saturated rings. The van der Waals surface area contributed by atoms with Crippen molar-refractivity contribution in [1.82, 2.24) is 0 Å². The molecule has 1 heterocycles. The molecule has 0 N–H and O–H groups in total. The zero-order valence-electron chi connectivity index (χ0n) is 8.94. The lowest BCUT2D eigenvalue weighted by atomic mass is 10.1. The van der Waals surface area contributed by atoms with Crippen molar-refractivity contribution < 1.29 is 9.21 Å². The van der Waals surface area contributed by atoms with E-state index in [1.54, 1.807) is 18.2 Å². The van der Waals surface area contributed by atoms with Gasteiger partial charge in [0.1, 0.15) is 5.76 Å². The van der Waals surface area contributed by atoms with E-state index in [0.717, 1.165) is 16.7 Å². The first-order valence-corrected chi connectivity index (χ1v) is 5.70. The second-order valence-corrected chi connectivity index (χ2v) is 4.35. The largest absolute Gasteiger partial charge is 0.445 e. The van der Waals surface area contributed by atoms with Crippen molar-refractivity contribution in [3.63, 3.8) is 0 Å². The maximum absolute atomic E-state index is 12.1. The number of hydrogen-bond donors (Lipinski definition) is 0. The van der Waals surface area contributed by atoms with Gasteiger partial charge in [-0.1, -0.05) is 24.3 Å². The Kier molecular flexibility index (Phi) is 2.37. The molecule has 0 unspecified atom stereocenters. The van der Waals surface area contributed by atoms with E-state index in [0.29, 0.717) is 17.4 Å². The number of allylic oxidation sites excluding steroid dienone is 1. The van der Waals surface area contributed by atoms with Crippen molar-refractivity contribution in [3.8, 4) is 0 Å². The van der Waals surface area contributed by atoms with E-state index in [4.69, 9.17) is 16.0 Å². The van der Waals surface area contributed by atoms with Crippen LogP contribution in [-0.4, -0.2) is 5.78 Å². The Hall–Kier alpha value is -1.80. The number of fused-ring (bicyclic) bond motifs is 1. The summed E-state index contributed by atoms with van der Waals surface area (Å²) in [6.45, 7) is 0. The Bertz CT molecular complexity index is 623. The summed E-state index contributed by atoms with van der Waals surface area (Å²) in [5.74, 6) is 0.694. The molecule has 1 aliphatic rings. The highest BCUT2D eigenvalue weighted by Crippen LogP contribution is 2.28. The van der Waals surface area contributed by atoms with Gasteiger partial charge in [-0.05, 0) is 35.4 Å². The minimum absolute atomic E-state index is 0.0770. The minimum Gasteiger partial charge on any atom is -0.445 e. The molecule has 0 spiro atoms. The molecule has 0 atom stereocenters. The number of Topliss-reactive ketones (excluding diaryl/α,β-unsaturated/α-hetero) is 1. The number of rotatable bonds is 1. The van der Waals surface area contributed by atoms with Crippen LogP contribution in [0.2, 0.25) is 5.22 Å². The number of ketones is 1. The van der Waals surface area contributed by atoms with Gasteiger partial charge < -0.3 is 4.42 Å². The number of benzene rings is 1. The standard InChI is InChI=1S/C14H9ClO2/c15-13-6-5-11(17-13)8-10-7-9-3-1-2-4-12(9)14(10)16/h1-6,8H,7H2/b10-8+. The van der Waals surface area contributed by atoms with Crippen LogP contribution in [0.1, 0.15) is 21.7 Å². The van der Waals surface area contributed by atoms with Crippen molar-refractivity contribution >= 4 is 23.5 Å². The van der Waals surface area contributed by atoms with Crippen LogP contribution in [-0.2, 0) is 6.42 Å². The molecule has 0 bridgehead atoms. The third-order valence-electron chi connectivity index (χ3n) is 2.85. The van der Waals surface area contributed by atoms with Crippen LogP contribution in [0.15, 0.2) is 46.4 Å². The molecule has 1 aromatic heterocycles. The SMILES string of the molecule is O=C1/C(=C/c2ccc(Cl)o2)Cc2ccccc21. The number of hydrogen-bond acceptors (Lipinski definition) is 2. The molecule has 84 valence electrons. The fourth-order valence-electron chi connectivity index (χ4n) is 2.05. The zero-order valence-corrected chi connectivity index (χ0v) is 9.70. The van der Waals surface area contributed by atoms with Gasteiger partial charge in [0.05, 0.1) is 0 Å². The normalized spacial score (nSPS) is 16.5. The molecule has 2 nitrogen and oxygen atoms in total. The van der Waals surface area contributed by atoms with E-state index in [9.17, 15) is 4.79 Å². The first-order valence-electron chi connectivity index (χ1n) is 5.32. The Morgan fingerprint density at radius 3 is 2.71 bits per heavy atom. The van der Waals surface area contributed by atoms with Crippen molar-refractivity contribution in [2.24, 2.45) is 0 Å². The first kappa shape index (κ1) is 10.4. The first-order chi connectivity index (χ1) is 8.24. The molecule has 3 rings (SSSR count). The topological polar surface area (TPSA) is 30.2 Å². The summed E-state index contributed by atoms with van der Waals surface area (Å²) in [4.78, 5) is 12.1. The van der Waals surface area contributed by atoms with Crippen molar-refractivity contribution in [3.05, 3.63) is 64.1 Å². The average Bonchev–Trinajstić information content (AvgIpc) is 2.86. The van der Waals surface area contributed by atoms with Crippen LogP contribution in [0.25, 0.3) is 6.08 Å². The lowest BCUT2D eigenvalue weighted by Gasteiger charge is -1.92. The van der Waals surface area contributed by atoms with Gasteiger partial charge in [-0.3, -0.25) is 4.79 Å².